The molecule has 4 aromatic carbocycles. The van der Waals surface area contributed by atoms with Gasteiger partial charge in [0.1, 0.15) is 5.75 Å². The Bertz CT molecular complexity index is 2040. The monoisotopic (exact) mass is 572 g/mol. The van der Waals surface area contributed by atoms with Crippen LogP contribution in [0.1, 0.15) is 26.3 Å². The summed E-state index contributed by atoms with van der Waals surface area (Å²) in [6, 6.07) is 39.4. The molecular formula is C39H32N4O. The van der Waals surface area contributed by atoms with Crippen LogP contribution in [-0.2, 0) is 5.41 Å². The van der Waals surface area contributed by atoms with Gasteiger partial charge in [0, 0.05) is 41.0 Å². The van der Waals surface area contributed by atoms with E-state index in [1.807, 2.05) is 48.7 Å². The number of rotatable bonds is 5. The van der Waals surface area contributed by atoms with E-state index < -0.39 is 0 Å². The summed E-state index contributed by atoms with van der Waals surface area (Å²) in [4.78, 5) is 14.5. The second kappa shape index (κ2) is 10.9. The van der Waals surface area contributed by atoms with Gasteiger partial charge in [-0.2, -0.15) is 0 Å². The fourth-order valence-electron chi connectivity index (χ4n) is 5.78. The number of imidazole rings is 1. The number of nitrogens with zero attached hydrogens (tertiary/aromatic N) is 4. The van der Waals surface area contributed by atoms with E-state index in [4.69, 9.17) is 4.98 Å². The smallest absolute Gasteiger partial charge is 0.151 e. The van der Waals surface area contributed by atoms with E-state index >= 15 is 0 Å². The fourth-order valence-corrected chi connectivity index (χ4v) is 5.78. The highest BCUT2D eigenvalue weighted by molar-refractivity contribution is 5.97. The number of aromatic hydroxyl groups is 1. The lowest BCUT2D eigenvalue weighted by molar-refractivity contribution is 0.446. The second-order valence-corrected chi connectivity index (χ2v) is 12.0. The molecule has 5 heteroatoms. The molecule has 7 aromatic rings. The Morgan fingerprint density at radius 2 is 1.34 bits per heavy atom. The number of aromatic nitrogens is 4. The molecule has 0 fully saturated rings. The van der Waals surface area contributed by atoms with Crippen LogP contribution in [0.4, 0.5) is 0 Å². The first-order valence-electron chi connectivity index (χ1n) is 14.8. The highest BCUT2D eigenvalue weighted by Crippen LogP contribution is 2.41. The van der Waals surface area contributed by atoms with Crippen LogP contribution in [0.15, 0.2) is 134 Å². The van der Waals surface area contributed by atoms with E-state index in [-0.39, 0.29) is 11.2 Å². The van der Waals surface area contributed by atoms with E-state index in [1.54, 1.807) is 12.4 Å². The molecule has 1 N–H and O–H groups in total. The minimum atomic E-state index is -0.290. The Morgan fingerprint density at radius 3 is 2.07 bits per heavy atom. The van der Waals surface area contributed by atoms with Gasteiger partial charge in [-0.25, -0.2) is 4.98 Å². The molecule has 0 saturated heterocycles. The summed E-state index contributed by atoms with van der Waals surface area (Å²) >= 11 is 0. The number of benzene rings is 4. The number of para-hydroxylation sites is 2. The summed E-state index contributed by atoms with van der Waals surface area (Å²) in [5.74, 6) is 0.837. The van der Waals surface area contributed by atoms with Crippen molar-refractivity contribution >= 4 is 11.0 Å². The summed E-state index contributed by atoms with van der Waals surface area (Å²) in [5, 5.41) is 11.6. The average molecular weight is 573 g/mol. The van der Waals surface area contributed by atoms with Gasteiger partial charge in [0.2, 0.25) is 0 Å². The molecule has 0 atom stereocenters. The summed E-state index contributed by atoms with van der Waals surface area (Å²) in [7, 11) is 0. The molecule has 0 bridgehead atoms. The zero-order valence-electron chi connectivity index (χ0n) is 24.9. The molecule has 0 amide bonds. The van der Waals surface area contributed by atoms with Crippen molar-refractivity contribution in [3.05, 3.63) is 139 Å². The molecule has 0 unspecified atom stereocenters. The van der Waals surface area contributed by atoms with Crippen LogP contribution in [0.25, 0.3) is 61.6 Å². The topological polar surface area (TPSA) is 63.8 Å². The number of hydrogen-bond donors (Lipinski definition) is 1. The van der Waals surface area contributed by atoms with Crippen molar-refractivity contribution in [3.63, 3.8) is 0 Å². The SMILES string of the molecule is CC(C)(C)c1cncc(-c2nc3c(-c4cc(-c5ccccc5)cc(-c5ccccn5)c4)cccc3n2-c2ccccc2)c1O. The van der Waals surface area contributed by atoms with Gasteiger partial charge < -0.3 is 5.11 Å². The quantitative estimate of drug-likeness (QED) is 0.223. The Hall–Kier alpha value is -5.55. The van der Waals surface area contributed by atoms with E-state index in [9.17, 15) is 5.11 Å². The molecule has 0 aliphatic carbocycles. The molecule has 7 rings (SSSR count). The Balaban J connectivity index is 1.52. The number of pyridine rings is 2. The first-order valence-corrected chi connectivity index (χ1v) is 14.8. The van der Waals surface area contributed by atoms with Crippen LogP contribution in [0, 0.1) is 0 Å². The van der Waals surface area contributed by atoms with Crippen molar-refractivity contribution in [2.45, 2.75) is 26.2 Å². The maximum Gasteiger partial charge on any atom is 0.151 e. The van der Waals surface area contributed by atoms with Gasteiger partial charge in [0.25, 0.3) is 0 Å². The van der Waals surface area contributed by atoms with Crippen molar-refractivity contribution in [2.24, 2.45) is 0 Å². The summed E-state index contributed by atoms with van der Waals surface area (Å²) in [5.41, 5.74) is 10.0. The van der Waals surface area contributed by atoms with Crippen LogP contribution in [0.5, 0.6) is 5.75 Å². The van der Waals surface area contributed by atoms with Crippen molar-refractivity contribution in [2.75, 3.05) is 0 Å². The predicted molar refractivity (Wildman–Crippen MR) is 179 cm³/mol. The van der Waals surface area contributed by atoms with Gasteiger partial charge in [-0.15, -0.1) is 0 Å². The van der Waals surface area contributed by atoms with Crippen LogP contribution < -0.4 is 0 Å². The third-order valence-corrected chi connectivity index (χ3v) is 7.98. The van der Waals surface area contributed by atoms with E-state index in [0.29, 0.717) is 11.4 Å². The van der Waals surface area contributed by atoms with Crippen molar-refractivity contribution in [3.8, 4) is 56.3 Å². The van der Waals surface area contributed by atoms with Gasteiger partial charge in [-0.05, 0) is 70.6 Å². The van der Waals surface area contributed by atoms with Crippen molar-refractivity contribution < 1.29 is 5.11 Å². The van der Waals surface area contributed by atoms with Gasteiger partial charge in [-0.3, -0.25) is 14.5 Å². The molecule has 0 spiro atoms. The van der Waals surface area contributed by atoms with Crippen LogP contribution >= 0.6 is 0 Å². The molecule has 3 aromatic heterocycles. The van der Waals surface area contributed by atoms with E-state index in [1.165, 1.54) is 0 Å². The van der Waals surface area contributed by atoms with Crippen molar-refractivity contribution in [1.29, 1.82) is 0 Å². The molecule has 0 saturated carbocycles. The number of fused-ring (bicyclic) bond motifs is 1. The average Bonchev–Trinajstić information content (AvgIpc) is 3.45. The normalized spacial score (nSPS) is 11.6. The second-order valence-electron chi connectivity index (χ2n) is 12.0. The first-order chi connectivity index (χ1) is 21.4. The minimum absolute atomic E-state index is 0.199. The van der Waals surface area contributed by atoms with Gasteiger partial charge in [0.05, 0.1) is 22.3 Å². The Kier molecular flexibility index (Phi) is 6.78. The predicted octanol–water partition coefficient (Wildman–Crippen LogP) is 9.49. The Morgan fingerprint density at radius 1 is 0.636 bits per heavy atom. The fraction of sp³-hybridized carbons (Fsp3) is 0.103. The molecule has 3 heterocycles. The summed E-state index contributed by atoms with van der Waals surface area (Å²) in [6.45, 7) is 6.22. The van der Waals surface area contributed by atoms with Gasteiger partial charge in [-0.1, -0.05) is 87.5 Å². The highest BCUT2D eigenvalue weighted by Gasteiger charge is 2.25. The zero-order valence-corrected chi connectivity index (χ0v) is 24.9. The largest absolute Gasteiger partial charge is 0.507 e. The number of hydrogen-bond acceptors (Lipinski definition) is 4. The molecule has 0 radical (unpaired) electrons. The van der Waals surface area contributed by atoms with Crippen LogP contribution in [0.3, 0.4) is 0 Å². The molecule has 44 heavy (non-hydrogen) atoms. The highest BCUT2D eigenvalue weighted by atomic mass is 16.3. The van der Waals surface area contributed by atoms with Crippen LogP contribution in [0.2, 0.25) is 0 Å². The van der Waals surface area contributed by atoms with Crippen molar-refractivity contribution in [1.82, 2.24) is 19.5 Å². The van der Waals surface area contributed by atoms with Gasteiger partial charge in [0.15, 0.2) is 5.82 Å². The lowest BCUT2D eigenvalue weighted by Crippen LogP contribution is -2.12. The molecule has 5 nitrogen and oxygen atoms in total. The maximum absolute atomic E-state index is 11.6. The molecule has 0 aliphatic rings. The third-order valence-electron chi connectivity index (χ3n) is 7.98. The lowest BCUT2D eigenvalue weighted by Gasteiger charge is -2.21. The minimum Gasteiger partial charge on any atom is -0.507 e. The molecule has 0 aliphatic heterocycles. The van der Waals surface area contributed by atoms with Crippen LogP contribution in [-0.4, -0.2) is 24.6 Å². The maximum atomic E-state index is 11.6. The summed E-state index contributed by atoms with van der Waals surface area (Å²) in [6.07, 6.45) is 5.28. The Labute approximate surface area is 257 Å². The van der Waals surface area contributed by atoms with Gasteiger partial charge >= 0.3 is 0 Å². The lowest BCUT2D eigenvalue weighted by atomic mass is 9.86. The zero-order chi connectivity index (χ0) is 30.3. The van der Waals surface area contributed by atoms with E-state index in [0.717, 1.165) is 55.8 Å². The third kappa shape index (κ3) is 4.92. The first kappa shape index (κ1) is 27.3. The molecule has 214 valence electrons. The summed E-state index contributed by atoms with van der Waals surface area (Å²) < 4.78 is 2.11. The standard InChI is InChI=1S/C39H32N4O/c1-39(2,3)33-25-40-24-32(37(33)44)38-42-36-31(17-12-19-35(36)43(38)30-15-8-5-9-16-30)28-21-27(26-13-6-4-7-14-26)22-29(23-28)34-18-10-11-20-41-34/h4-25H,1-3H3,(H,40,44). The van der Waals surface area contributed by atoms with E-state index in [2.05, 4.69) is 108 Å². The molecular weight excluding hydrogens is 540 g/mol.